The van der Waals surface area contributed by atoms with Gasteiger partial charge in [-0.05, 0) is 33.1 Å². The summed E-state index contributed by atoms with van der Waals surface area (Å²) in [5.41, 5.74) is -11.2. The monoisotopic (exact) mass is 396 g/mol. The Kier molecular flexibility index (Phi) is 7.33. The van der Waals surface area contributed by atoms with Gasteiger partial charge in [0.2, 0.25) is 0 Å². The van der Waals surface area contributed by atoms with Crippen molar-refractivity contribution in [1.29, 1.82) is 0 Å². The molecule has 0 N–H and O–H groups in total. The van der Waals surface area contributed by atoms with Crippen LogP contribution in [0.5, 0.6) is 0 Å². The van der Waals surface area contributed by atoms with Gasteiger partial charge in [-0.1, -0.05) is 0 Å². The van der Waals surface area contributed by atoms with Crippen molar-refractivity contribution in [3.05, 3.63) is 0 Å². The molecule has 23 heavy (non-hydrogen) atoms. The lowest BCUT2D eigenvalue weighted by Crippen LogP contribution is -2.30. The van der Waals surface area contributed by atoms with Crippen LogP contribution in [0.15, 0.2) is 0 Å². The first-order chi connectivity index (χ1) is 9.99. The van der Waals surface area contributed by atoms with Crippen LogP contribution in [0, 0.1) is 0 Å². The van der Waals surface area contributed by atoms with Gasteiger partial charge in [0.05, 0.1) is 12.2 Å². The number of halogens is 6. The fraction of sp³-hybridized carbons (Fsp3) is 1.00. The maximum absolute atomic E-state index is 12.0. The zero-order valence-electron chi connectivity index (χ0n) is 11.8. The fourth-order valence-electron chi connectivity index (χ4n) is 1.33. The van der Waals surface area contributed by atoms with Gasteiger partial charge in [0, 0.05) is 0 Å². The maximum atomic E-state index is 12.0. The first kappa shape index (κ1) is 22.4. The standard InChI is InChI=1S/C9H14F6O6S2/c1-6(20-22(16,17)8(10,11)12)4-3-5-7(2)21-23(18,19)9(13,14)15/h6-7H,3-5H2,1-2H3. The van der Waals surface area contributed by atoms with Gasteiger partial charge in [-0.15, -0.1) is 0 Å². The predicted octanol–water partition coefficient (Wildman–Crippen LogP) is 2.67. The maximum Gasteiger partial charge on any atom is 0.523 e. The van der Waals surface area contributed by atoms with Crippen LogP contribution in [0.3, 0.4) is 0 Å². The van der Waals surface area contributed by atoms with Crippen LogP contribution in [0.2, 0.25) is 0 Å². The van der Waals surface area contributed by atoms with Crippen molar-refractivity contribution in [3.8, 4) is 0 Å². The highest BCUT2D eigenvalue weighted by atomic mass is 32.2. The van der Waals surface area contributed by atoms with Crippen molar-refractivity contribution in [1.82, 2.24) is 0 Å². The Morgan fingerprint density at radius 1 is 0.739 bits per heavy atom. The van der Waals surface area contributed by atoms with E-state index in [1.54, 1.807) is 0 Å². The SMILES string of the molecule is CC(CCCC(C)OS(=O)(=O)C(F)(F)F)OS(=O)(=O)C(F)(F)F. The van der Waals surface area contributed by atoms with Crippen molar-refractivity contribution in [2.75, 3.05) is 0 Å². The molecule has 140 valence electrons. The summed E-state index contributed by atoms with van der Waals surface area (Å²) in [5.74, 6) is 0. The van der Waals surface area contributed by atoms with Crippen molar-refractivity contribution < 1.29 is 51.5 Å². The van der Waals surface area contributed by atoms with Crippen molar-refractivity contribution in [2.24, 2.45) is 0 Å². The Morgan fingerprint density at radius 2 is 1.00 bits per heavy atom. The van der Waals surface area contributed by atoms with Gasteiger partial charge in [0.15, 0.2) is 0 Å². The Bertz CT molecular complexity index is 527. The van der Waals surface area contributed by atoms with E-state index >= 15 is 0 Å². The molecule has 0 heterocycles. The minimum Gasteiger partial charge on any atom is -0.260 e. The number of rotatable bonds is 8. The van der Waals surface area contributed by atoms with E-state index in [1.165, 1.54) is 0 Å². The van der Waals surface area contributed by atoms with Crippen LogP contribution in [-0.2, 0) is 28.6 Å². The highest BCUT2D eigenvalue weighted by molar-refractivity contribution is 7.87. The van der Waals surface area contributed by atoms with Crippen molar-refractivity contribution in [2.45, 2.75) is 56.3 Å². The minimum atomic E-state index is -5.77. The molecule has 0 spiro atoms. The van der Waals surface area contributed by atoms with Gasteiger partial charge < -0.3 is 0 Å². The average molecular weight is 396 g/mol. The number of hydrogen-bond donors (Lipinski definition) is 0. The van der Waals surface area contributed by atoms with Gasteiger partial charge >= 0.3 is 31.3 Å². The minimum absolute atomic E-state index is 0.122. The predicted molar refractivity (Wildman–Crippen MR) is 64.9 cm³/mol. The summed E-state index contributed by atoms with van der Waals surface area (Å²) in [6.45, 7) is 2.03. The van der Waals surface area contributed by atoms with E-state index in [0.717, 1.165) is 13.8 Å². The Labute approximate surface area is 129 Å². The summed E-state index contributed by atoms with van der Waals surface area (Å²) in [5, 5.41) is 0. The molecule has 0 radical (unpaired) electrons. The van der Waals surface area contributed by atoms with Gasteiger partial charge in [0.25, 0.3) is 0 Å². The first-order valence-electron chi connectivity index (χ1n) is 5.98. The smallest absolute Gasteiger partial charge is 0.260 e. The summed E-state index contributed by atoms with van der Waals surface area (Å²) >= 11 is 0. The summed E-state index contributed by atoms with van der Waals surface area (Å²) < 4.78 is 123. The van der Waals surface area contributed by atoms with Gasteiger partial charge in [-0.2, -0.15) is 43.2 Å². The van der Waals surface area contributed by atoms with Crippen LogP contribution in [-0.4, -0.2) is 40.1 Å². The third kappa shape index (κ3) is 7.22. The molecule has 6 nitrogen and oxygen atoms in total. The van der Waals surface area contributed by atoms with E-state index in [1.807, 2.05) is 0 Å². The topological polar surface area (TPSA) is 86.7 Å². The number of hydrogen-bond acceptors (Lipinski definition) is 6. The highest BCUT2D eigenvalue weighted by Gasteiger charge is 2.49. The normalized spacial score (nSPS) is 17.0. The molecule has 0 aromatic rings. The quantitative estimate of drug-likeness (QED) is 0.356. The zero-order chi connectivity index (χ0) is 18.7. The van der Waals surface area contributed by atoms with Crippen LogP contribution < -0.4 is 0 Å². The molecule has 0 saturated heterocycles. The second-order valence-corrected chi connectivity index (χ2v) is 7.67. The van der Waals surface area contributed by atoms with Crippen LogP contribution >= 0.6 is 0 Å². The van der Waals surface area contributed by atoms with Gasteiger partial charge in [-0.3, -0.25) is 8.37 Å². The first-order valence-corrected chi connectivity index (χ1v) is 8.80. The molecule has 0 aliphatic carbocycles. The largest absolute Gasteiger partial charge is 0.523 e. The van der Waals surface area contributed by atoms with Gasteiger partial charge in [0.1, 0.15) is 0 Å². The molecule has 14 heteroatoms. The molecular formula is C9H14F6O6S2. The molecule has 0 amide bonds. The third-order valence-electron chi connectivity index (χ3n) is 2.37. The zero-order valence-corrected chi connectivity index (χ0v) is 13.4. The molecule has 0 rings (SSSR count). The summed E-state index contributed by atoms with van der Waals surface area (Å²) in [4.78, 5) is 0. The number of alkyl halides is 6. The molecule has 0 fully saturated rings. The summed E-state index contributed by atoms with van der Waals surface area (Å²) in [6, 6.07) is 0. The molecular weight excluding hydrogens is 382 g/mol. The molecule has 0 aromatic heterocycles. The fourth-order valence-corrected chi connectivity index (χ4v) is 2.61. The molecule has 0 saturated carbocycles. The molecule has 0 aliphatic rings. The van der Waals surface area contributed by atoms with E-state index in [0.29, 0.717) is 0 Å². The van der Waals surface area contributed by atoms with E-state index in [9.17, 15) is 43.2 Å². The van der Waals surface area contributed by atoms with E-state index < -0.39 is 43.5 Å². The Balaban J connectivity index is 4.37. The second-order valence-electron chi connectivity index (χ2n) is 4.54. The van der Waals surface area contributed by atoms with Crippen LogP contribution in [0.1, 0.15) is 33.1 Å². The van der Waals surface area contributed by atoms with Crippen molar-refractivity contribution >= 4 is 20.2 Å². The molecule has 2 unspecified atom stereocenters. The average Bonchev–Trinajstić information content (AvgIpc) is 2.23. The molecule has 0 aromatic carbocycles. The summed E-state index contributed by atoms with van der Waals surface area (Å²) in [7, 11) is -11.5. The van der Waals surface area contributed by atoms with E-state index in [4.69, 9.17) is 0 Å². The lowest BCUT2D eigenvalue weighted by atomic mass is 10.1. The molecule has 0 aliphatic heterocycles. The summed E-state index contributed by atoms with van der Waals surface area (Å²) in [6.07, 6.45) is -3.45. The van der Waals surface area contributed by atoms with E-state index in [-0.39, 0.29) is 19.3 Å². The van der Waals surface area contributed by atoms with Gasteiger partial charge in [-0.25, -0.2) is 0 Å². The van der Waals surface area contributed by atoms with Crippen molar-refractivity contribution in [3.63, 3.8) is 0 Å². The Hall–Kier alpha value is -0.600. The third-order valence-corrected chi connectivity index (χ3v) is 4.67. The van der Waals surface area contributed by atoms with E-state index in [2.05, 4.69) is 8.37 Å². The lowest BCUT2D eigenvalue weighted by Gasteiger charge is -2.17. The second kappa shape index (κ2) is 7.53. The Morgan fingerprint density at radius 3 is 1.22 bits per heavy atom. The lowest BCUT2D eigenvalue weighted by molar-refractivity contribution is -0.0575. The molecule has 0 bridgehead atoms. The van der Waals surface area contributed by atoms with Crippen LogP contribution in [0.25, 0.3) is 0 Å². The van der Waals surface area contributed by atoms with Crippen LogP contribution in [0.4, 0.5) is 26.3 Å². The molecule has 2 atom stereocenters. The highest BCUT2D eigenvalue weighted by Crippen LogP contribution is 2.28.